The highest BCUT2D eigenvalue weighted by molar-refractivity contribution is 7.88. The Balaban J connectivity index is 2.47. The van der Waals surface area contributed by atoms with Gasteiger partial charge >= 0.3 is 0 Å². The van der Waals surface area contributed by atoms with E-state index in [1.165, 1.54) is 0 Å². The molecular formula is C18H32N4O4S. The fraction of sp³-hybridized carbons (Fsp3) is 0.611. The molecule has 27 heavy (non-hydrogen) atoms. The zero-order chi connectivity index (χ0) is 20.1. The fourth-order valence-electron chi connectivity index (χ4n) is 2.25. The van der Waals surface area contributed by atoms with Gasteiger partial charge in [-0.05, 0) is 31.9 Å². The molecule has 1 aromatic carbocycles. The molecule has 0 fully saturated rings. The first-order valence-electron chi connectivity index (χ1n) is 9.05. The Morgan fingerprint density at radius 2 is 1.96 bits per heavy atom. The molecule has 9 heteroatoms. The van der Waals surface area contributed by atoms with Crippen LogP contribution in [0, 0.1) is 6.92 Å². The van der Waals surface area contributed by atoms with E-state index in [-0.39, 0.29) is 0 Å². The molecule has 1 rings (SSSR count). The van der Waals surface area contributed by atoms with Crippen LogP contribution in [0.4, 0.5) is 0 Å². The molecule has 0 heterocycles. The van der Waals surface area contributed by atoms with Gasteiger partial charge in [-0.2, -0.15) is 0 Å². The van der Waals surface area contributed by atoms with Crippen molar-refractivity contribution < 1.29 is 17.9 Å². The van der Waals surface area contributed by atoms with Gasteiger partial charge in [-0.15, -0.1) is 0 Å². The van der Waals surface area contributed by atoms with E-state index in [4.69, 9.17) is 9.47 Å². The van der Waals surface area contributed by atoms with E-state index in [9.17, 15) is 8.42 Å². The van der Waals surface area contributed by atoms with Crippen molar-refractivity contribution in [2.24, 2.45) is 4.99 Å². The van der Waals surface area contributed by atoms with Gasteiger partial charge in [0.1, 0.15) is 12.4 Å². The molecule has 0 spiro atoms. The monoisotopic (exact) mass is 400 g/mol. The van der Waals surface area contributed by atoms with Crippen molar-refractivity contribution >= 4 is 16.0 Å². The highest BCUT2D eigenvalue weighted by atomic mass is 32.2. The molecule has 0 unspecified atom stereocenters. The third-order valence-electron chi connectivity index (χ3n) is 3.59. The minimum Gasteiger partial charge on any atom is -0.491 e. The summed E-state index contributed by atoms with van der Waals surface area (Å²) in [5.41, 5.74) is 2.16. The van der Waals surface area contributed by atoms with E-state index in [1.807, 2.05) is 32.0 Å². The lowest BCUT2D eigenvalue weighted by Crippen LogP contribution is -2.38. The van der Waals surface area contributed by atoms with Crippen LogP contribution in [0.5, 0.6) is 5.75 Å². The summed E-state index contributed by atoms with van der Waals surface area (Å²) in [6, 6.07) is 6.08. The van der Waals surface area contributed by atoms with Crippen LogP contribution >= 0.6 is 0 Å². The van der Waals surface area contributed by atoms with Crippen LogP contribution in [-0.2, 0) is 21.3 Å². The summed E-state index contributed by atoms with van der Waals surface area (Å²) in [7, 11) is -1.45. The third kappa shape index (κ3) is 10.8. The van der Waals surface area contributed by atoms with Gasteiger partial charge in [0.15, 0.2) is 5.96 Å². The Bertz CT molecular complexity index is 693. The summed E-state index contributed by atoms with van der Waals surface area (Å²) >= 11 is 0. The van der Waals surface area contributed by atoms with Gasteiger partial charge in [-0.25, -0.2) is 13.1 Å². The van der Waals surface area contributed by atoms with Crippen molar-refractivity contribution in [1.82, 2.24) is 15.4 Å². The van der Waals surface area contributed by atoms with E-state index in [0.29, 0.717) is 51.8 Å². The molecule has 0 radical (unpaired) electrons. The molecule has 8 nitrogen and oxygen atoms in total. The number of sulfonamides is 1. The van der Waals surface area contributed by atoms with Crippen LogP contribution in [0.2, 0.25) is 0 Å². The number of hydrogen-bond acceptors (Lipinski definition) is 5. The number of aryl methyl sites for hydroxylation is 1. The third-order valence-corrected chi connectivity index (χ3v) is 4.32. The van der Waals surface area contributed by atoms with Gasteiger partial charge in [0.2, 0.25) is 10.0 Å². The molecule has 0 bridgehead atoms. The second kappa shape index (κ2) is 12.5. The molecule has 0 aliphatic heterocycles. The van der Waals surface area contributed by atoms with Crippen LogP contribution in [0.15, 0.2) is 23.2 Å². The average Bonchev–Trinajstić information content (AvgIpc) is 2.61. The average molecular weight is 401 g/mol. The number of aliphatic imine (C=N–C) groups is 1. The number of rotatable bonds is 12. The maximum atomic E-state index is 11.0. The summed E-state index contributed by atoms with van der Waals surface area (Å²) in [6.45, 7) is 7.27. The number of guanidine groups is 1. The van der Waals surface area contributed by atoms with Crippen LogP contribution in [0.1, 0.15) is 24.5 Å². The first-order chi connectivity index (χ1) is 12.9. The second-order valence-electron chi connectivity index (χ2n) is 6.03. The number of nitrogens with zero attached hydrogens (tertiary/aromatic N) is 1. The van der Waals surface area contributed by atoms with Gasteiger partial charge in [0, 0.05) is 38.9 Å². The predicted octanol–water partition coefficient (Wildman–Crippen LogP) is 1.01. The number of hydrogen-bond donors (Lipinski definition) is 3. The Morgan fingerprint density at radius 3 is 2.63 bits per heavy atom. The summed E-state index contributed by atoms with van der Waals surface area (Å²) < 4.78 is 35.7. The van der Waals surface area contributed by atoms with Crippen molar-refractivity contribution in [2.45, 2.75) is 26.8 Å². The lowest BCUT2D eigenvalue weighted by molar-refractivity contribution is 0.110. The van der Waals surface area contributed by atoms with Gasteiger partial charge in [-0.1, -0.05) is 12.1 Å². The first kappa shape index (κ1) is 23.2. The van der Waals surface area contributed by atoms with Gasteiger partial charge < -0.3 is 20.1 Å². The van der Waals surface area contributed by atoms with Gasteiger partial charge in [0.05, 0.1) is 12.9 Å². The highest BCUT2D eigenvalue weighted by Crippen LogP contribution is 2.20. The molecule has 0 aliphatic carbocycles. The maximum Gasteiger partial charge on any atom is 0.208 e. The Labute approximate surface area is 162 Å². The van der Waals surface area contributed by atoms with E-state index in [0.717, 1.165) is 23.1 Å². The van der Waals surface area contributed by atoms with Gasteiger partial charge in [-0.3, -0.25) is 4.99 Å². The first-order valence-corrected chi connectivity index (χ1v) is 10.9. The van der Waals surface area contributed by atoms with Crippen molar-refractivity contribution in [2.75, 3.05) is 46.2 Å². The molecule has 0 aliphatic rings. The van der Waals surface area contributed by atoms with E-state index < -0.39 is 10.0 Å². The summed E-state index contributed by atoms with van der Waals surface area (Å²) in [6.07, 6.45) is 1.81. The summed E-state index contributed by atoms with van der Waals surface area (Å²) in [4.78, 5) is 4.18. The number of nitrogens with one attached hydrogen (secondary N) is 3. The summed E-state index contributed by atoms with van der Waals surface area (Å²) in [5, 5.41) is 6.40. The SMILES string of the molecule is CCOCCOc1cc(C)ccc1CNC(=NC)NCCCNS(C)(=O)=O. The number of ether oxygens (including phenoxy) is 2. The molecule has 0 amide bonds. The lowest BCUT2D eigenvalue weighted by atomic mass is 10.1. The Kier molecular flexibility index (Phi) is 10.8. The molecule has 0 saturated heterocycles. The summed E-state index contributed by atoms with van der Waals surface area (Å²) in [5.74, 6) is 1.48. The topological polar surface area (TPSA) is 101 Å². The fourth-order valence-corrected chi connectivity index (χ4v) is 2.76. The van der Waals surface area contributed by atoms with Crippen molar-refractivity contribution in [3.05, 3.63) is 29.3 Å². The van der Waals surface area contributed by atoms with Crippen LogP contribution in [0.3, 0.4) is 0 Å². The maximum absolute atomic E-state index is 11.0. The molecule has 1 aromatic rings. The van der Waals surface area contributed by atoms with E-state index >= 15 is 0 Å². The normalized spacial score (nSPS) is 12.1. The predicted molar refractivity (Wildman–Crippen MR) is 109 cm³/mol. The number of benzene rings is 1. The Morgan fingerprint density at radius 1 is 1.19 bits per heavy atom. The van der Waals surface area contributed by atoms with E-state index in [1.54, 1.807) is 7.05 Å². The van der Waals surface area contributed by atoms with E-state index in [2.05, 4.69) is 20.3 Å². The quantitative estimate of drug-likeness (QED) is 0.275. The lowest BCUT2D eigenvalue weighted by Gasteiger charge is -2.15. The van der Waals surface area contributed by atoms with Crippen molar-refractivity contribution in [1.29, 1.82) is 0 Å². The molecule has 154 valence electrons. The minimum atomic E-state index is -3.14. The molecule has 3 N–H and O–H groups in total. The molecule has 0 saturated carbocycles. The highest BCUT2D eigenvalue weighted by Gasteiger charge is 2.06. The standard InChI is InChI=1S/C18H32N4O4S/c1-5-25-11-12-26-17-13-15(2)7-8-16(17)14-21-18(19-3)20-9-6-10-22-27(4,23)24/h7-8,13,22H,5-6,9-12,14H2,1-4H3,(H2,19,20,21). The zero-order valence-corrected chi connectivity index (χ0v) is 17.5. The van der Waals surface area contributed by atoms with Crippen molar-refractivity contribution in [3.63, 3.8) is 0 Å². The zero-order valence-electron chi connectivity index (χ0n) is 16.7. The second-order valence-corrected chi connectivity index (χ2v) is 7.86. The van der Waals surface area contributed by atoms with Crippen molar-refractivity contribution in [3.8, 4) is 5.75 Å². The Hall–Kier alpha value is -1.84. The molecule has 0 atom stereocenters. The van der Waals surface area contributed by atoms with Crippen LogP contribution in [0.25, 0.3) is 0 Å². The molecule has 0 aromatic heterocycles. The largest absolute Gasteiger partial charge is 0.491 e. The minimum absolute atomic E-state index is 0.388. The van der Waals surface area contributed by atoms with Gasteiger partial charge in [0.25, 0.3) is 0 Å². The smallest absolute Gasteiger partial charge is 0.208 e. The van der Waals surface area contributed by atoms with Crippen LogP contribution < -0.4 is 20.1 Å². The van der Waals surface area contributed by atoms with Crippen LogP contribution in [-0.4, -0.2) is 60.6 Å². The molecular weight excluding hydrogens is 368 g/mol.